The molecule has 1 aromatic heterocycles. The lowest BCUT2D eigenvalue weighted by Gasteiger charge is -2.37. The van der Waals surface area contributed by atoms with Crippen LogP contribution < -0.4 is 4.74 Å². The first-order valence-electron chi connectivity index (χ1n) is 8.38. The van der Waals surface area contributed by atoms with E-state index in [-0.39, 0.29) is 0 Å². The molecule has 2 aliphatic rings. The van der Waals surface area contributed by atoms with Crippen molar-refractivity contribution in [2.24, 2.45) is 0 Å². The van der Waals surface area contributed by atoms with Gasteiger partial charge >= 0.3 is 0 Å². The van der Waals surface area contributed by atoms with E-state index in [0.717, 1.165) is 5.52 Å². The van der Waals surface area contributed by atoms with Gasteiger partial charge in [0.05, 0.1) is 25.9 Å². The first kappa shape index (κ1) is 16.1. The molecule has 2 aliphatic heterocycles. The third-order valence-corrected chi connectivity index (χ3v) is 4.95. The quantitative estimate of drug-likeness (QED) is 0.677. The molecule has 1 amide bonds. The maximum Gasteiger partial charge on any atom is 0.295 e. The van der Waals surface area contributed by atoms with Crippen LogP contribution in [0.4, 0.5) is 0 Å². The smallest absolute Gasteiger partial charge is 0.295 e. The van der Waals surface area contributed by atoms with Crippen LogP contribution in [-0.4, -0.2) is 60.8 Å². The average molecular weight is 344 g/mol. The molecule has 0 bridgehead atoms. The SMILES string of the molecule is COc1ccc2[nH]cc(C(=O)C(=O)N3CCC4(CC3)OCCO4)c2c1. The largest absolute Gasteiger partial charge is 0.497 e. The number of ether oxygens (including phenoxy) is 3. The van der Waals surface area contributed by atoms with Gasteiger partial charge in [0, 0.05) is 43.0 Å². The summed E-state index contributed by atoms with van der Waals surface area (Å²) < 4.78 is 16.5. The van der Waals surface area contributed by atoms with Crippen LogP contribution in [0.25, 0.3) is 10.9 Å². The van der Waals surface area contributed by atoms with E-state index in [0.29, 0.717) is 55.8 Å². The Kier molecular flexibility index (Phi) is 3.97. The van der Waals surface area contributed by atoms with Crippen LogP contribution >= 0.6 is 0 Å². The molecule has 0 aliphatic carbocycles. The lowest BCUT2D eigenvalue weighted by Crippen LogP contribution is -2.49. The molecule has 2 saturated heterocycles. The molecule has 1 N–H and O–H groups in total. The van der Waals surface area contributed by atoms with Crippen molar-refractivity contribution in [1.29, 1.82) is 0 Å². The number of aromatic amines is 1. The summed E-state index contributed by atoms with van der Waals surface area (Å²) in [6.07, 6.45) is 2.76. The van der Waals surface area contributed by atoms with E-state index in [2.05, 4.69) is 4.98 Å². The number of hydrogen-bond acceptors (Lipinski definition) is 5. The molecule has 1 aromatic carbocycles. The minimum atomic E-state index is -0.562. The molecule has 132 valence electrons. The normalized spacial score (nSPS) is 19.5. The van der Waals surface area contributed by atoms with E-state index in [9.17, 15) is 9.59 Å². The summed E-state index contributed by atoms with van der Waals surface area (Å²) in [5.74, 6) is -0.919. The van der Waals surface area contributed by atoms with Gasteiger partial charge in [0.15, 0.2) is 5.79 Å². The Morgan fingerprint density at radius 3 is 2.60 bits per heavy atom. The molecule has 0 atom stereocenters. The van der Waals surface area contributed by atoms with Gasteiger partial charge in [-0.05, 0) is 18.2 Å². The Morgan fingerprint density at radius 2 is 1.92 bits per heavy atom. The number of methoxy groups -OCH3 is 1. The zero-order chi connectivity index (χ0) is 17.4. The molecule has 0 unspecified atom stereocenters. The summed E-state index contributed by atoms with van der Waals surface area (Å²) in [7, 11) is 1.57. The van der Waals surface area contributed by atoms with Crippen molar-refractivity contribution in [2.45, 2.75) is 18.6 Å². The van der Waals surface area contributed by atoms with Gasteiger partial charge in [0.1, 0.15) is 5.75 Å². The number of piperidine rings is 1. The van der Waals surface area contributed by atoms with Crippen molar-refractivity contribution < 1.29 is 23.8 Å². The fourth-order valence-electron chi connectivity index (χ4n) is 3.51. The summed E-state index contributed by atoms with van der Waals surface area (Å²) in [4.78, 5) is 30.0. The Hall–Kier alpha value is -2.38. The second-order valence-electron chi connectivity index (χ2n) is 6.34. The number of rotatable bonds is 3. The predicted octanol–water partition coefficient (Wildman–Crippen LogP) is 1.72. The maximum absolute atomic E-state index is 12.7. The summed E-state index contributed by atoms with van der Waals surface area (Å²) in [5.41, 5.74) is 1.16. The summed E-state index contributed by atoms with van der Waals surface area (Å²) in [5, 5.41) is 0.689. The highest BCUT2D eigenvalue weighted by Gasteiger charge is 2.41. The number of carbonyl (C=O) groups is 2. The number of hydrogen-bond donors (Lipinski definition) is 1. The van der Waals surface area contributed by atoms with Gasteiger partial charge in [-0.15, -0.1) is 0 Å². The highest BCUT2D eigenvalue weighted by Crippen LogP contribution is 2.32. The van der Waals surface area contributed by atoms with Crippen molar-refractivity contribution in [1.82, 2.24) is 9.88 Å². The number of H-pyrrole nitrogens is 1. The molecule has 0 saturated carbocycles. The number of amides is 1. The second-order valence-corrected chi connectivity index (χ2v) is 6.34. The molecular formula is C18H20N2O5. The molecule has 2 aromatic rings. The van der Waals surface area contributed by atoms with Crippen LogP contribution in [0.2, 0.25) is 0 Å². The standard InChI is InChI=1S/C18H20N2O5/c1-23-12-2-3-15-13(10-12)14(11-19-15)16(21)17(22)20-6-4-18(5-7-20)24-8-9-25-18/h2-3,10-11,19H,4-9H2,1H3. The molecule has 0 radical (unpaired) electrons. The van der Waals surface area contributed by atoms with Gasteiger partial charge in [0.25, 0.3) is 11.7 Å². The van der Waals surface area contributed by atoms with E-state index in [1.807, 2.05) is 6.07 Å². The highest BCUT2D eigenvalue weighted by molar-refractivity contribution is 6.44. The van der Waals surface area contributed by atoms with Gasteiger partial charge in [-0.3, -0.25) is 9.59 Å². The minimum Gasteiger partial charge on any atom is -0.497 e. The number of fused-ring (bicyclic) bond motifs is 1. The topological polar surface area (TPSA) is 80.9 Å². The number of benzene rings is 1. The minimum absolute atomic E-state index is 0.368. The van der Waals surface area contributed by atoms with Gasteiger partial charge < -0.3 is 24.1 Å². The first-order chi connectivity index (χ1) is 12.1. The highest BCUT2D eigenvalue weighted by atomic mass is 16.7. The number of likely N-dealkylation sites (tertiary alicyclic amines) is 1. The molecule has 7 nitrogen and oxygen atoms in total. The third kappa shape index (κ3) is 2.79. The van der Waals surface area contributed by atoms with Crippen LogP contribution in [0.5, 0.6) is 5.75 Å². The van der Waals surface area contributed by atoms with Crippen molar-refractivity contribution in [3.8, 4) is 5.75 Å². The molecule has 2 fully saturated rings. The van der Waals surface area contributed by atoms with E-state index < -0.39 is 17.5 Å². The summed E-state index contributed by atoms with van der Waals surface area (Å²) in [6.45, 7) is 2.08. The number of nitrogens with one attached hydrogen (secondary N) is 1. The predicted molar refractivity (Wildman–Crippen MR) is 89.6 cm³/mol. The number of nitrogens with zero attached hydrogens (tertiary/aromatic N) is 1. The maximum atomic E-state index is 12.7. The fourth-order valence-corrected chi connectivity index (χ4v) is 3.51. The number of Topliss-reactive ketones (excluding diaryl/α,β-unsaturated/α-hetero) is 1. The summed E-state index contributed by atoms with van der Waals surface area (Å²) in [6, 6.07) is 5.40. The second kappa shape index (κ2) is 6.16. The van der Waals surface area contributed by atoms with Crippen LogP contribution in [-0.2, 0) is 14.3 Å². The van der Waals surface area contributed by atoms with E-state index in [4.69, 9.17) is 14.2 Å². The van der Waals surface area contributed by atoms with Crippen molar-refractivity contribution >= 4 is 22.6 Å². The van der Waals surface area contributed by atoms with E-state index in [1.54, 1.807) is 30.3 Å². The van der Waals surface area contributed by atoms with Gasteiger partial charge in [-0.2, -0.15) is 0 Å². The molecule has 3 heterocycles. The van der Waals surface area contributed by atoms with Crippen molar-refractivity contribution in [3.63, 3.8) is 0 Å². The van der Waals surface area contributed by atoms with E-state index in [1.165, 1.54) is 0 Å². The number of aromatic nitrogens is 1. The lowest BCUT2D eigenvalue weighted by molar-refractivity contribution is -0.186. The van der Waals surface area contributed by atoms with Crippen LogP contribution in [0, 0.1) is 0 Å². The average Bonchev–Trinajstić information content (AvgIpc) is 3.28. The van der Waals surface area contributed by atoms with Crippen molar-refractivity contribution in [3.05, 3.63) is 30.0 Å². The lowest BCUT2D eigenvalue weighted by atomic mass is 10.0. The zero-order valence-corrected chi connectivity index (χ0v) is 14.0. The number of ketones is 1. The number of carbonyl (C=O) groups excluding carboxylic acids is 2. The molecular weight excluding hydrogens is 324 g/mol. The fraction of sp³-hybridized carbons (Fsp3) is 0.444. The Labute approximate surface area is 144 Å². The van der Waals surface area contributed by atoms with Crippen molar-refractivity contribution in [2.75, 3.05) is 33.4 Å². The third-order valence-electron chi connectivity index (χ3n) is 4.95. The first-order valence-corrected chi connectivity index (χ1v) is 8.38. The Bertz CT molecular complexity index is 812. The van der Waals surface area contributed by atoms with E-state index >= 15 is 0 Å². The van der Waals surface area contributed by atoms with Crippen LogP contribution in [0.3, 0.4) is 0 Å². The molecule has 25 heavy (non-hydrogen) atoms. The summed E-state index contributed by atoms with van der Waals surface area (Å²) >= 11 is 0. The monoisotopic (exact) mass is 344 g/mol. The van der Waals surface area contributed by atoms with Crippen LogP contribution in [0.1, 0.15) is 23.2 Å². The zero-order valence-electron chi connectivity index (χ0n) is 14.0. The van der Waals surface area contributed by atoms with Gasteiger partial charge in [-0.1, -0.05) is 0 Å². The van der Waals surface area contributed by atoms with Crippen LogP contribution in [0.15, 0.2) is 24.4 Å². The molecule has 4 rings (SSSR count). The van der Waals surface area contributed by atoms with Gasteiger partial charge in [-0.25, -0.2) is 0 Å². The molecule has 7 heteroatoms. The Balaban J connectivity index is 1.52. The molecule has 1 spiro atoms. The Morgan fingerprint density at radius 1 is 1.20 bits per heavy atom. The van der Waals surface area contributed by atoms with Gasteiger partial charge in [0.2, 0.25) is 0 Å².